The molecule has 5 amide bonds. The van der Waals surface area contributed by atoms with Gasteiger partial charge in [0.2, 0.25) is 17.7 Å². The summed E-state index contributed by atoms with van der Waals surface area (Å²) in [6.45, 7) is 4.17. The highest BCUT2D eigenvalue weighted by molar-refractivity contribution is 5.99. The largest absolute Gasteiger partial charge is 0.356 e. The van der Waals surface area contributed by atoms with Crippen LogP contribution in [0, 0.1) is 17.8 Å². The van der Waals surface area contributed by atoms with Crippen LogP contribution in [0.1, 0.15) is 153 Å². The van der Waals surface area contributed by atoms with Crippen LogP contribution in [0.2, 0.25) is 0 Å². The maximum atomic E-state index is 14.0. The molecule has 10 nitrogen and oxygen atoms in total. The van der Waals surface area contributed by atoms with E-state index < -0.39 is 11.8 Å². The van der Waals surface area contributed by atoms with Gasteiger partial charge in [0.25, 0.3) is 11.8 Å². The fourth-order valence-corrected chi connectivity index (χ4v) is 9.74. The number of amides is 5. The number of benzene rings is 3. The van der Waals surface area contributed by atoms with Gasteiger partial charge in [-0.25, -0.2) is 0 Å². The van der Waals surface area contributed by atoms with E-state index in [4.69, 9.17) is 0 Å². The lowest BCUT2D eigenvalue weighted by atomic mass is 9.94. The number of carbonyl (C=O) groups excluding carboxylic acids is 5. The molecule has 0 radical (unpaired) electrons. The minimum Gasteiger partial charge on any atom is -0.356 e. The number of nitrogens with zero attached hydrogens (tertiary/aromatic N) is 2. The van der Waals surface area contributed by atoms with Gasteiger partial charge in [0.15, 0.2) is 0 Å². The first-order valence-electron chi connectivity index (χ1n) is 24.0. The second kappa shape index (κ2) is 22.4. The van der Waals surface area contributed by atoms with Crippen molar-refractivity contribution in [2.75, 3.05) is 32.7 Å². The summed E-state index contributed by atoms with van der Waals surface area (Å²) in [6.07, 6.45) is 18.6. The van der Waals surface area contributed by atoms with Crippen molar-refractivity contribution in [2.45, 2.75) is 134 Å². The second-order valence-corrected chi connectivity index (χ2v) is 18.5. The van der Waals surface area contributed by atoms with Crippen molar-refractivity contribution >= 4 is 29.5 Å². The first-order valence-corrected chi connectivity index (χ1v) is 24.0. The molecule has 3 aromatic carbocycles. The topological polar surface area (TPSA) is 128 Å². The first-order chi connectivity index (χ1) is 30.3. The molecule has 0 aromatic heterocycles. The van der Waals surface area contributed by atoms with Crippen LogP contribution in [0.4, 0.5) is 0 Å². The average molecular weight is 844 g/mol. The highest BCUT2D eigenvalue weighted by atomic mass is 16.2. The van der Waals surface area contributed by atoms with Crippen LogP contribution in [-0.4, -0.2) is 84.1 Å². The van der Waals surface area contributed by atoms with Crippen molar-refractivity contribution in [3.05, 3.63) is 107 Å². The van der Waals surface area contributed by atoms with Gasteiger partial charge in [-0.2, -0.15) is 0 Å². The number of nitrogens with one attached hydrogen (secondary N) is 3. The molecule has 0 bridgehead atoms. The zero-order valence-electron chi connectivity index (χ0n) is 36.9. The van der Waals surface area contributed by atoms with E-state index in [1.54, 1.807) is 34.1 Å². The predicted molar refractivity (Wildman–Crippen MR) is 244 cm³/mol. The Morgan fingerprint density at radius 3 is 1.47 bits per heavy atom. The fraction of sp³-hybridized carbons (Fsp3) is 0.558. The van der Waals surface area contributed by atoms with E-state index in [2.05, 4.69) is 47.1 Å². The summed E-state index contributed by atoms with van der Waals surface area (Å²) < 4.78 is 0. The summed E-state index contributed by atoms with van der Waals surface area (Å²) in [5.74, 6) is -1.90. The molecule has 62 heavy (non-hydrogen) atoms. The molecule has 2 aliphatic carbocycles. The van der Waals surface area contributed by atoms with Gasteiger partial charge >= 0.3 is 0 Å². The number of unbranched alkanes of at least 4 members (excludes halogenated alkanes) is 11. The van der Waals surface area contributed by atoms with Crippen LogP contribution in [-0.2, 0) is 14.4 Å². The normalized spacial score (nSPS) is 24.0. The van der Waals surface area contributed by atoms with Crippen molar-refractivity contribution in [3.8, 4) is 0 Å². The molecule has 332 valence electrons. The van der Waals surface area contributed by atoms with Crippen LogP contribution in [0.5, 0.6) is 0 Å². The van der Waals surface area contributed by atoms with Gasteiger partial charge in [0.1, 0.15) is 0 Å². The zero-order chi connectivity index (χ0) is 43.3. The van der Waals surface area contributed by atoms with Crippen molar-refractivity contribution in [1.29, 1.82) is 0 Å². The number of likely N-dealkylation sites (tertiary alicyclic amines) is 2. The van der Waals surface area contributed by atoms with Crippen molar-refractivity contribution < 1.29 is 24.0 Å². The molecule has 3 aromatic rings. The smallest absolute Gasteiger partial charge is 0.253 e. The maximum absolute atomic E-state index is 14.0. The number of rotatable bonds is 22. The minimum atomic E-state index is -0.681. The lowest BCUT2D eigenvalue weighted by Gasteiger charge is -2.32. The van der Waals surface area contributed by atoms with Gasteiger partial charge in [-0.1, -0.05) is 138 Å². The van der Waals surface area contributed by atoms with Gasteiger partial charge in [-0.05, 0) is 67.5 Å². The number of hydrogen-bond acceptors (Lipinski definition) is 5. The quantitative estimate of drug-likeness (QED) is 0.0877. The molecule has 4 fully saturated rings. The van der Waals surface area contributed by atoms with Gasteiger partial charge < -0.3 is 25.8 Å². The van der Waals surface area contributed by atoms with E-state index in [0.717, 1.165) is 38.5 Å². The monoisotopic (exact) mass is 844 g/mol. The Morgan fingerprint density at radius 2 is 0.984 bits per heavy atom. The summed E-state index contributed by atoms with van der Waals surface area (Å²) >= 11 is 0. The van der Waals surface area contributed by atoms with Crippen LogP contribution >= 0.6 is 0 Å². The van der Waals surface area contributed by atoms with Crippen LogP contribution in [0.15, 0.2) is 84.9 Å². The molecule has 2 aliphatic heterocycles. The Labute approximate surface area is 369 Å². The molecule has 3 N–H and O–H groups in total. The molecule has 10 heteroatoms. The lowest BCUT2D eigenvalue weighted by molar-refractivity contribution is -0.133. The molecule has 4 aliphatic rings. The third kappa shape index (κ3) is 12.3. The van der Waals surface area contributed by atoms with Gasteiger partial charge in [0.05, 0.1) is 17.8 Å². The van der Waals surface area contributed by atoms with Crippen molar-refractivity contribution in [2.24, 2.45) is 17.8 Å². The maximum Gasteiger partial charge on any atom is 0.253 e. The van der Waals surface area contributed by atoms with E-state index in [1.807, 2.05) is 36.4 Å². The van der Waals surface area contributed by atoms with E-state index in [1.165, 1.54) is 75.3 Å². The zero-order valence-corrected chi connectivity index (χ0v) is 36.9. The number of piperidine rings is 1. The fourth-order valence-electron chi connectivity index (χ4n) is 9.74. The Hall–Kier alpha value is -4.99. The first kappa shape index (κ1) is 45.0. The lowest BCUT2D eigenvalue weighted by Crippen LogP contribution is -2.45. The molecular weight excluding hydrogens is 775 g/mol. The Kier molecular flexibility index (Phi) is 16.3. The number of hydrogen-bond donors (Lipinski definition) is 3. The standard InChI is InChI=1S/C52H69N5O5/c1-2-3-4-5-6-7-8-9-10-11-12-19-30-53-48(58)41-25-20-31-56(34-41)51(61)39-26-28-40(29-27-39)52(62)57-35-44(49(59)54-46-32-42(46)37-21-15-13-16-22-37)45(36-57)50(60)55-47-33-43(47)38-23-17-14-18-24-38/h13-18,21-24,26-29,41-47H,2-12,19-20,25,30-36H2,1H3,(H,53,58)(H,54,59)(H,55,60)/t41?,42-,43-,44-,45-,46+,47+/m1/s1. The average Bonchev–Trinajstić information content (AvgIpc) is 4.22. The second-order valence-electron chi connectivity index (χ2n) is 18.5. The van der Waals surface area contributed by atoms with E-state index in [0.29, 0.717) is 30.8 Å². The Morgan fingerprint density at radius 1 is 0.532 bits per heavy atom. The van der Waals surface area contributed by atoms with Gasteiger partial charge in [-0.3, -0.25) is 24.0 Å². The highest BCUT2D eigenvalue weighted by Crippen LogP contribution is 2.42. The molecule has 7 atom stereocenters. The van der Waals surface area contributed by atoms with Gasteiger partial charge in [-0.15, -0.1) is 0 Å². The van der Waals surface area contributed by atoms with Gasteiger partial charge in [0, 0.05) is 67.8 Å². The summed E-state index contributed by atoms with van der Waals surface area (Å²) in [7, 11) is 0. The molecule has 7 rings (SSSR count). The van der Waals surface area contributed by atoms with Crippen LogP contribution in [0.25, 0.3) is 0 Å². The van der Waals surface area contributed by atoms with Crippen molar-refractivity contribution in [3.63, 3.8) is 0 Å². The van der Waals surface area contributed by atoms with E-state index >= 15 is 0 Å². The highest BCUT2D eigenvalue weighted by Gasteiger charge is 2.49. The van der Waals surface area contributed by atoms with Crippen LogP contribution < -0.4 is 16.0 Å². The number of carbonyl (C=O) groups is 5. The van der Waals surface area contributed by atoms with E-state index in [-0.39, 0.29) is 72.5 Å². The summed E-state index contributed by atoms with van der Waals surface area (Å²) in [4.78, 5) is 71.8. The molecular formula is C52H69N5O5. The Balaban J connectivity index is 0.875. The third-order valence-corrected chi connectivity index (χ3v) is 13.8. The van der Waals surface area contributed by atoms with E-state index in [9.17, 15) is 24.0 Å². The molecule has 2 heterocycles. The van der Waals surface area contributed by atoms with Crippen molar-refractivity contribution in [1.82, 2.24) is 25.8 Å². The minimum absolute atomic E-state index is 0.00275. The van der Waals surface area contributed by atoms with Crippen LogP contribution in [0.3, 0.4) is 0 Å². The SMILES string of the molecule is CCCCCCCCCCCCCCNC(=O)C1CCCN(C(=O)c2ccc(C(=O)N3C[C@@H](C(=O)N[C@H]4C[C@@H]4c4ccccc4)[C@H](C(=O)N[C@H]4C[C@@H]4c4ccccc4)C3)cc2)C1. The Bertz CT molecular complexity index is 1860. The summed E-state index contributed by atoms with van der Waals surface area (Å²) in [6, 6.07) is 26.9. The molecule has 0 spiro atoms. The molecule has 2 saturated heterocycles. The molecule has 2 saturated carbocycles. The third-order valence-electron chi connectivity index (χ3n) is 13.8. The predicted octanol–water partition coefficient (Wildman–Crippen LogP) is 8.39. The molecule has 1 unspecified atom stereocenters. The summed E-state index contributed by atoms with van der Waals surface area (Å²) in [5, 5.41) is 9.52. The summed E-state index contributed by atoms with van der Waals surface area (Å²) in [5.41, 5.74) is 3.23.